The van der Waals surface area contributed by atoms with Gasteiger partial charge in [-0.05, 0) is 36.8 Å². The maximum Gasteiger partial charge on any atom is 0.272 e. The van der Waals surface area contributed by atoms with Gasteiger partial charge in [0.15, 0.2) is 0 Å². The Hall–Kier alpha value is -3.22. The summed E-state index contributed by atoms with van der Waals surface area (Å²) in [6.07, 6.45) is 4.08. The van der Waals surface area contributed by atoms with E-state index in [-0.39, 0.29) is 22.8 Å². The van der Waals surface area contributed by atoms with E-state index in [0.29, 0.717) is 17.3 Å². The number of fused-ring (bicyclic) bond motifs is 1. The van der Waals surface area contributed by atoms with Gasteiger partial charge in [0.05, 0.1) is 16.3 Å². The summed E-state index contributed by atoms with van der Waals surface area (Å²) < 4.78 is 19.8. The van der Waals surface area contributed by atoms with Crippen molar-refractivity contribution in [1.29, 1.82) is 0 Å². The van der Waals surface area contributed by atoms with Crippen LogP contribution in [0.1, 0.15) is 43.0 Å². The first-order valence-corrected chi connectivity index (χ1v) is 9.33. The smallest absolute Gasteiger partial charge is 0.272 e. The minimum absolute atomic E-state index is 0.0956. The SMILES string of the molecule is CCCCCCNC(=O)c1cc(Oc2n[nH]c(=O)c3ccccc23)ccc1F. The highest BCUT2D eigenvalue weighted by Crippen LogP contribution is 2.26. The quantitative estimate of drug-likeness (QED) is 0.572. The fourth-order valence-electron chi connectivity index (χ4n) is 2.87. The third kappa shape index (κ3) is 4.54. The van der Waals surface area contributed by atoms with Gasteiger partial charge in [0.2, 0.25) is 5.88 Å². The third-order valence-corrected chi connectivity index (χ3v) is 4.37. The molecule has 7 heteroatoms. The zero-order valence-electron chi connectivity index (χ0n) is 15.6. The first-order chi connectivity index (χ1) is 13.6. The van der Waals surface area contributed by atoms with Crippen molar-refractivity contribution < 1.29 is 13.9 Å². The lowest BCUT2D eigenvalue weighted by atomic mass is 10.1. The van der Waals surface area contributed by atoms with Crippen LogP contribution in [0, 0.1) is 5.82 Å². The van der Waals surface area contributed by atoms with Crippen molar-refractivity contribution in [2.45, 2.75) is 32.6 Å². The predicted octanol–water partition coefficient (Wildman–Crippen LogP) is 4.16. The van der Waals surface area contributed by atoms with Crippen LogP contribution in [0.25, 0.3) is 10.8 Å². The van der Waals surface area contributed by atoms with Crippen LogP contribution >= 0.6 is 0 Å². The number of nitrogens with one attached hydrogen (secondary N) is 2. The van der Waals surface area contributed by atoms with Crippen molar-refractivity contribution in [3.8, 4) is 11.6 Å². The van der Waals surface area contributed by atoms with Crippen LogP contribution in [0.2, 0.25) is 0 Å². The molecule has 1 amide bonds. The number of ether oxygens (including phenoxy) is 1. The Balaban J connectivity index is 1.78. The molecule has 0 aliphatic carbocycles. The number of unbranched alkanes of at least 4 members (excludes halogenated alkanes) is 3. The van der Waals surface area contributed by atoms with E-state index in [1.54, 1.807) is 24.3 Å². The van der Waals surface area contributed by atoms with Crippen molar-refractivity contribution in [1.82, 2.24) is 15.5 Å². The molecule has 146 valence electrons. The number of halogens is 1. The minimum atomic E-state index is -0.627. The Kier molecular flexibility index (Phi) is 6.37. The van der Waals surface area contributed by atoms with Crippen molar-refractivity contribution in [2.75, 3.05) is 6.54 Å². The molecule has 0 unspecified atom stereocenters. The summed E-state index contributed by atoms with van der Waals surface area (Å²) >= 11 is 0. The number of aromatic nitrogens is 2. The lowest BCUT2D eigenvalue weighted by molar-refractivity contribution is 0.0948. The van der Waals surface area contributed by atoms with Gasteiger partial charge in [0.25, 0.3) is 11.5 Å². The van der Waals surface area contributed by atoms with Gasteiger partial charge < -0.3 is 10.1 Å². The fourth-order valence-corrected chi connectivity index (χ4v) is 2.87. The molecule has 0 fully saturated rings. The number of H-pyrrole nitrogens is 1. The van der Waals surface area contributed by atoms with Crippen LogP contribution in [0.3, 0.4) is 0 Å². The first kappa shape index (κ1) is 19.5. The van der Waals surface area contributed by atoms with Crippen LogP contribution in [0.4, 0.5) is 4.39 Å². The van der Waals surface area contributed by atoms with E-state index >= 15 is 0 Å². The summed E-state index contributed by atoms with van der Waals surface area (Å²) in [5.74, 6) is -0.689. The second kappa shape index (κ2) is 9.12. The Bertz CT molecular complexity index is 1030. The number of hydrogen-bond donors (Lipinski definition) is 2. The van der Waals surface area contributed by atoms with Crippen molar-refractivity contribution in [2.24, 2.45) is 0 Å². The number of carbonyl (C=O) groups excluding carboxylic acids is 1. The molecule has 6 nitrogen and oxygen atoms in total. The summed E-state index contributed by atoms with van der Waals surface area (Å²) in [6.45, 7) is 2.61. The summed E-state index contributed by atoms with van der Waals surface area (Å²) in [6, 6.07) is 10.8. The molecule has 1 heterocycles. The minimum Gasteiger partial charge on any atom is -0.437 e. The number of nitrogens with zero attached hydrogens (tertiary/aromatic N) is 1. The Labute approximate surface area is 161 Å². The number of benzene rings is 2. The number of rotatable bonds is 8. The molecule has 0 radical (unpaired) electrons. The first-order valence-electron chi connectivity index (χ1n) is 9.33. The number of amides is 1. The highest BCUT2D eigenvalue weighted by Gasteiger charge is 2.14. The van der Waals surface area contributed by atoms with Gasteiger partial charge in [-0.3, -0.25) is 9.59 Å². The maximum absolute atomic E-state index is 14.1. The Morgan fingerprint density at radius 2 is 1.93 bits per heavy atom. The topological polar surface area (TPSA) is 84.1 Å². The predicted molar refractivity (Wildman–Crippen MR) is 105 cm³/mol. The second-order valence-corrected chi connectivity index (χ2v) is 6.46. The van der Waals surface area contributed by atoms with E-state index in [2.05, 4.69) is 22.4 Å². The number of aromatic amines is 1. The molecule has 3 aromatic rings. The molecule has 0 saturated heterocycles. The second-order valence-electron chi connectivity index (χ2n) is 6.46. The van der Waals surface area contributed by atoms with E-state index in [0.717, 1.165) is 25.7 Å². The molecular formula is C21H22FN3O3. The summed E-state index contributed by atoms with van der Waals surface area (Å²) in [5, 5.41) is 9.98. The van der Waals surface area contributed by atoms with E-state index in [4.69, 9.17) is 4.74 Å². The molecule has 0 spiro atoms. The fraction of sp³-hybridized carbons (Fsp3) is 0.286. The van der Waals surface area contributed by atoms with Gasteiger partial charge in [-0.1, -0.05) is 38.3 Å². The molecule has 0 bridgehead atoms. The molecule has 2 aromatic carbocycles. The molecule has 3 rings (SSSR count). The normalized spacial score (nSPS) is 10.8. The molecule has 2 N–H and O–H groups in total. The van der Waals surface area contributed by atoms with Gasteiger partial charge in [-0.2, -0.15) is 0 Å². The Morgan fingerprint density at radius 3 is 2.71 bits per heavy atom. The average molecular weight is 383 g/mol. The summed E-state index contributed by atoms with van der Waals surface area (Å²) in [7, 11) is 0. The molecule has 1 aromatic heterocycles. The highest BCUT2D eigenvalue weighted by molar-refractivity contribution is 5.95. The Morgan fingerprint density at radius 1 is 1.14 bits per heavy atom. The molecular weight excluding hydrogens is 361 g/mol. The van der Waals surface area contributed by atoms with Crippen molar-refractivity contribution >= 4 is 16.7 Å². The van der Waals surface area contributed by atoms with Crippen LogP contribution in [-0.2, 0) is 0 Å². The molecule has 0 aliphatic rings. The van der Waals surface area contributed by atoms with Gasteiger partial charge in [-0.15, -0.1) is 5.10 Å². The maximum atomic E-state index is 14.1. The van der Waals surface area contributed by atoms with Crippen molar-refractivity contribution in [3.05, 3.63) is 64.2 Å². The van der Waals surface area contributed by atoms with Gasteiger partial charge >= 0.3 is 0 Å². The molecule has 0 atom stereocenters. The van der Waals surface area contributed by atoms with Crippen LogP contribution in [-0.4, -0.2) is 22.6 Å². The summed E-state index contributed by atoms with van der Waals surface area (Å²) in [5.41, 5.74) is -0.424. The highest BCUT2D eigenvalue weighted by atomic mass is 19.1. The van der Waals surface area contributed by atoms with Crippen LogP contribution < -0.4 is 15.6 Å². The molecule has 0 aliphatic heterocycles. The van der Waals surface area contributed by atoms with E-state index < -0.39 is 11.7 Å². The summed E-state index contributed by atoms with van der Waals surface area (Å²) in [4.78, 5) is 24.2. The van der Waals surface area contributed by atoms with Gasteiger partial charge in [-0.25, -0.2) is 9.49 Å². The largest absolute Gasteiger partial charge is 0.437 e. The van der Waals surface area contributed by atoms with E-state index in [1.807, 2.05) is 0 Å². The molecule has 28 heavy (non-hydrogen) atoms. The van der Waals surface area contributed by atoms with Gasteiger partial charge in [0.1, 0.15) is 11.6 Å². The zero-order valence-corrected chi connectivity index (χ0v) is 15.6. The molecule has 0 saturated carbocycles. The van der Waals surface area contributed by atoms with Crippen LogP contribution in [0.5, 0.6) is 11.6 Å². The lowest BCUT2D eigenvalue weighted by Gasteiger charge is -2.10. The van der Waals surface area contributed by atoms with Crippen molar-refractivity contribution in [3.63, 3.8) is 0 Å². The van der Waals surface area contributed by atoms with Crippen LogP contribution in [0.15, 0.2) is 47.3 Å². The van der Waals surface area contributed by atoms with E-state index in [1.165, 1.54) is 18.2 Å². The third-order valence-electron chi connectivity index (χ3n) is 4.37. The number of hydrogen-bond acceptors (Lipinski definition) is 4. The monoisotopic (exact) mass is 383 g/mol. The lowest BCUT2D eigenvalue weighted by Crippen LogP contribution is -2.25. The van der Waals surface area contributed by atoms with E-state index in [9.17, 15) is 14.0 Å². The van der Waals surface area contributed by atoms with Gasteiger partial charge in [0, 0.05) is 6.54 Å². The standard InChI is InChI=1S/C21H22FN3O3/c1-2-3-4-7-12-23-19(26)17-13-14(10-11-18(17)22)28-21-16-9-6-5-8-15(16)20(27)24-25-21/h5-6,8-11,13H,2-4,7,12H2,1H3,(H,23,26)(H,24,27). The average Bonchev–Trinajstić information content (AvgIpc) is 2.71. The zero-order chi connectivity index (χ0) is 19.9. The number of carbonyl (C=O) groups is 1.